The van der Waals surface area contributed by atoms with Gasteiger partial charge in [0, 0.05) is 49.6 Å². The smallest absolute Gasteiger partial charge is 0.408 e. The van der Waals surface area contributed by atoms with Gasteiger partial charge in [0.1, 0.15) is 11.9 Å². The van der Waals surface area contributed by atoms with Gasteiger partial charge in [0.05, 0.1) is 10.5 Å². The number of fused-ring (bicyclic) bond motifs is 1. The minimum absolute atomic E-state index is 0.0694. The molecule has 1 saturated heterocycles. The van der Waals surface area contributed by atoms with Crippen LogP contribution in [0.25, 0.3) is 10.9 Å². The standard InChI is InChI=1S/C22H29ClN4O3/c1-14(30-21(29)25-22(3,4)5)17-13-16-7-6-8-18(23)19(16)24-20(17)27-11-9-26(10-12-27)15(2)28/h6-8,13-14H,9-12H2,1-5H3,(H,25,29)/t14-/m0/s1. The van der Waals surface area contributed by atoms with Crippen LogP contribution in [0.4, 0.5) is 10.6 Å². The van der Waals surface area contributed by atoms with E-state index in [2.05, 4.69) is 10.2 Å². The molecule has 0 bridgehead atoms. The largest absolute Gasteiger partial charge is 0.442 e. The topological polar surface area (TPSA) is 74.8 Å². The summed E-state index contributed by atoms with van der Waals surface area (Å²) < 4.78 is 5.67. The monoisotopic (exact) mass is 432 g/mol. The number of halogens is 1. The van der Waals surface area contributed by atoms with E-state index in [4.69, 9.17) is 21.3 Å². The molecule has 7 nitrogen and oxygen atoms in total. The van der Waals surface area contributed by atoms with Gasteiger partial charge in [0.2, 0.25) is 5.91 Å². The van der Waals surface area contributed by atoms with Gasteiger partial charge in [-0.3, -0.25) is 4.79 Å². The fourth-order valence-corrected chi connectivity index (χ4v) is 3.74. The number of ether oxygens (including phenoxy) is 1. The number of nitrogens with zero attached hydrogens (tertiary/aromatic N) is 3. The molecule has 1 aromatic heterocycles. The van der Waals surface area contributed by atoms with E-state index in [-0.39, 0.29) is 5.91 Å². The number of carbonyl (C=O) groups excluding carboxylic acids is 2. The van der Waals surface area contributed by atoms with Gasteiger partial charge in [0.15, 0.2) is 0 Å². The Kier molecular flexibility index (Phi) is 6.41. The lowest BCUT2D eigenvalue weighted by Crippen LogP contribution is -2.48. The van der Waals surface area contributed by atoms with Crippen LogP contribution < -0.4 is 10.2 Å². The Labute approximate surface area is 182 Å². The van der Waals surface area contributed by atoms with Crippen molar-refractivity contribution >= 4 is 40.3 Å². The molecule has 2 aromatic rings. The summed E-state index contributed by atoms with van der Waals surface area (Å²) in [6.07, 6.45) is -0.988. The molecule has 0 aliphatic carbocycles. The third-order valence-electron chi connectivity index (χ3n) is 5.03. The van der Waals surface area contributed by atoms with E-state index in [1.807, 2.05) is 56.9 Å². The second-order valence-corrected chi connectivity index (χ2v) is 9.04. The maximum absolute atomic E-state index is 12.3. The number of hydrogen-bond acceptors (Lipinski definition) is 5. The minimum atomic E-state index is -0.510. The molecule has 0 radical (unpaired) electrons. The molecule has 8 heteroatoms. The summed E-state index contributed by atoms with van der Waals surface area (Å²) in [6, 6.07) is 7.61. The average Bonchev–Trinajstić information content (AvgIpc) is 2.66. The Morgan fingerprint density at radius 3 is 2.47 bits per heavy atom. The maximum atomic E-state index is 12.3. The van der Waals surface area contributed by atoms with E-state index < -0.39 is 17.7 Å². The maximum Gasteiger partial charge on any atom is 0.408 e. The van der Waals surface area contributed by atoms with E-state index in [0.717, 1.165) is 16.8 Å². The fourth-order valence-electron chi connectivity index (χ4n) is 3.51. The third-order valence-corrected chi connectivity index (χ3v) is 5.33. The summed E-state index contributed by atoms with van der Waals surface area (Å²) in [4.78, 5) is 32.8. The SMILES string of the molecule is CC(=O)N1CCN(c2nc3c(Cl)cccc3cc2[C@H](C)OC(=O)NC(C)(C)C)CC1. The number of pyridine rings is 1. The molecule has 1 fully saturated rings. The predicted molar refractivity (Wildman–Crippen MR) is 119 cm³/mol. The Bertz CT molecular complexity index is 949. The molecule has 30 heavy (non-hydrogen) atoms. The Morgan fingerprint density at radius 2 is 1.87 bits per heavy atom. The van der Waals surface area contributed by atoms with Crippen molar-refractivity contribution in [2.24, 2.45) is 0 Å². The Hall–Kier alpha value is -2.54. The van der Waals surface area contributed by atoms with Crippen molar-refractivity contribution in [2.45, 2.75) is 46.3 Å². The summed E-state index contributed by atoms with van der Waals surface area (Å²) >= 11 is 6.39. The summed E-state index contributed by atoms with van der Waals surface area (Å²) in [7, 11) is 0. The van der Waals surface area contributed by atoms with Gasteiger partial charge in [0.25, 0.3) is 0 Å². The normalized spacial score (nSPS) is 15.8. The first kappa shape index (κ1) is 22.2. The molecule has 3 rings (SSSR count). The zero-order chi connectivity index (χ0) is 22.1. The van der Waals surface area contributed by atoms with Gasteiger partial charge in [-0.15, -0.1) is 0 Å². The average molecular weight is 433 g/mol. The van der Waals surface area contributed by atoms with E-state index in [9.17, 15) is 9.59 Å². The summed E-state index contributed by atoms with van der Waals surface area (Å²) in [5, 5.41) is 4.28. The van der Waals surface area contributed by atoms with Crippen LogP contribution in [0.15, 0.2) is 24.3 Å². The summed E-state index contributed by atoms with van der Waals surface area (Å²) in [6.45, 7) is 11.7. The lowest BCUT2D eigenvalue weighted by molar-refractivity contribution is -0.129. The number of anilines is 1. The van der Waals surface area contributed by atoms with Crippen molar-refractivity contribution in [1.82, 2.24) is 15.2 Å². The van der Waals surface area contributed by atoms with Gasteiger partial charge in [-0.2, -0.15) is 0 Å². The van der Waals surface area contributed by atoms with Gasteiger partial charge in [-0.05, 0) is 39.8 Å². The van der Waals surface area contributed by atoms with Crippen LogP contribution in [0.5, 0.6) is 0 Å². The highest BCUT2D eigenvalue weighted by Crippen LogP contribution is 2.33. The first-order valence-corrected chi connectivity index (χ1v) is 10.5. The molecule has 1 aliphatic rings. The van der Waals surface area contributed by atoms with Gasteiger partial charge >= 0.3 is 6.09 Å². The second kappa shape index (κ2) is 8.68. The van der Waals surface area contributed by atoms with Crippen LogP contribution in [0, 0.1) is 0 Å². The lowest BCUT2D eigenvalue weighted by Gasteiger charge is -2.36. The molecule has 1 atom stereocenters. The molecule has 2 amide bonds. The fraction of sp³-hybridized carbons (Fsp3) is 0.500. The van der Waals surface area contributed by atoms with Crippen LogP contribution in [-0.4, -0.2) is 53.6 Å². The zero-order valence-electron chi connectivity index (χ0n) is 18.2. The molecule has 0 spiro atoms. The van der Waals surface area contributed by atoms with Crippen LogP contribution in [0.3, 0.4) is 0 Å². The van der Waals surface area contributed by atoms with Gasteiger partial charge in [-0.1, -0.05) is 23.7 Å². The minimum Gasteiger partial charge on any atom is -0.442 e. The number of para-hydroxylation sites is 1. The van der Waals surface area contributed by atoms with E-state index >= 15 is 0 Å². The van der Waals surface area contributed by atoms with E-state index in [1.54, 1.807) is 6.92 Å². The van der Waals surface area contributed by atoms with Gasteiger partial charge < -0.3 is 19.9 Å². The predicted octanol–water partition coefficient (Wildman–Crippen LogP) is 4.14. The van der Waals surface area contributed by atoms with Crippen molar-refractivity contribution in [3.8, 4) is 0 Å². The number of amides is 2. The number of benzene rings is 1. The van der Waals surface area contributed by atoms with Crippen LogP contribution in [0.2, 0.25) is 5.02 Å². The van der Waals surface area contributed by atoms with Crippen molar-refractivity contribution in [3.63, 3.8) is 0 Å². The number of carbonyl (C=O) groups is 2. The number of piperazine rings is 1. The lowest BCUT2D eigenvalue weighted by atomic mass is 10.1. The molecule has 1 aromatic carbocycles. The molecule has 0 saturated carbocycles. The molecule has 162 valence electrons. The number of rotatable bonds is 3. The molecule has 0 unspecified atom stereocenters. The Balaban J connectivity index is 1.94. The molecular weight excluding hydrogens is 404 g/mol. The molecule has 1 N–H and O–H groups in total. The molecular formula is C22H29ClN4O3. The summed E-state index contributed by atoms with van der Waals surface area (Å²) in [5.41, 5.74) is 1.13. The van der Waals surface area contributed by atoms with E-state index in [1.165, 1.54) is 0 Å². The number of alkyl carbamates (subject to hydrolysis) is 1. The highest BCUT2D eigenvalue weighted by Gasteiger charge is 2.26. The zero-order valence-corrected chi connectivity index (χ0v) is 18.9. The van der Waals surface area contributed by atoms with Crippen molar-refractivity contribution in [2.75, 3.05) is 31.1 Å². The van der Waals surface area contributed by atoms with Crippen LogP contribution >= 0.6 is 11.6 Å². The van der Waals surface area contributed by atoms with Crippen LogP contribution in [0.1, 0.15) is 46.3 Å². The number of aromatic nitrogens is 1. The Morgan fingerprint density at radius 1 is 1.20 bits per heavy atom. The first-order chi connectivity index (χ1) is 14.0. The first-order valence-electron chi connectivity index (χ1n) is 10.1. The van der Waals surface area contributed by atoms with Crippen molar-refractivity contribution in [1.29, 1.82) is 0 Å². The number of nitrogens with one attached hydrogen (secondary N) is 1. The van der Waals surface area contributed by atoms with Crippen molar-refractivity contribution < 1.29 is 14.3 Å². The van der Waals surface area contributed by atoms with Crippen molar-refractivity contribution in [3.05, 3.63) is 34.9 Å². The summed E-state index contributed by atoms with van der Waals surface area (Å²) in [5.74, 6) is 0.801. The second-order valence-electron chi connectivity index (χ2n) is 8.63. The molecule has 1 aliphatic heterocycles. The highest BCUT2D eigenvalue weighted by molar-refractivity contribution is 6.35. The van der Waals surface area contributed by atoms with E-state index in [0.29, 0.717) is 36.7 Å². The quantitative estimate of drug-likeness (QED) is 0.788. The van der Waals surface area contributed by atoms with Gasteiger partial charge in [-0.25, -0.2) is 9.78 Å². The third kappa shape index (κ3) is 5.14. The van der Waals surface area contributed by atoms with Crippen LogP contribution in [-0.2, 0) is 9.53 Å². The molecule has 2 heterocycles. The number of hydrogen-bond donors (Lipinski definition) is 1. The highest BCUT2D eigenvalue weighted by atomic mass is 35.5.